The summed E-state index contributed by atoms with van der Waals surface area (Å²) in [5, 5.41) is 3.66. The van der Waals surface area contributed by atoms with Crippen LogP contribution in [0.1, 0.15) is 26.3 Å². The van der Waals surface area contributed by atoms with E-state index in [9.17, 15) is 14.4 Å². The van der Waals surface area contributed by atoms with Crippen LogP contribution in [0.15, 0.2) is 78.9 Å². The van der Waals surface area contributed by atoms with Crippen molar-refractivity contribution in [3.05, 3.63) is 101 Å². The summed E-state index contributed by atoms with van der Waals surface area (Å²) in [4.78, 5) is 42.0. The van der Waals surface area contributed by atoms with E-state index < -0.39 is 11.8 Å². The van der Waals surface area contributed by atoms with E-state index in [2.05, 4.69) is 21.2 Å². The summed E-state index contributed by atoms with van der Waals surface area (Å²) < 4.78 is 0. The average Bonchev–Trinajstić information content (AvgIpc) is 2.85. The van der Waals surface area contributed by atoms with E-state index in [-0.39, 0.29) is 12.5 Å². The highest BCUT2D eigenvalue weighted by Crippen LogP contribution is 2.29. The van der Waals surface area contributed by atoms with Crippen LogP contribution in [-0.2, 0) is 4.79 Å². The summed E-state index contributed by atoms with van der Waals surface area (Å²) >= 11 is 6.33. The molecule has 34 heavy (non-hydrogen) atoms. The van der Waals surface area contributed by atoms with Gasteiger partial charge in [0.1, 0.15) is 0 Å². The van der Waals surface area contributed by atoms with Gasteiger partial charge in [0.25, 0.3) is 17.7 Å². The van der Waals surface area contributed by atoms with Gasteiger partial charge in [-0.05, 0) is 37.3 Å². The predicted octanol–water partition coefficient (Wildman–Crippen LogP) is 4.05. The molecule has 0 spiro atoms. The predicted molar refractivity (Wildman–Crippen MR) is 131 cm³/mol. The van der Waals surface area contributed by atoms with Gasteiger partial charge in [-0.3, -0.25) is 25.2 Å². The van der Waals surface area contributed by atoms with Crippen LogP contribution in [-0.4, -0.2) is 29.3 Å². The van der Waals surface area contributed by atoms with Crippen molar-refractivity contribution in [3.8, 4) is 11.3 Å². The van der Waals surface area contributed by atoms with Gasteiger partial charge in [-0.15, -0.1) is 0 Å². The van der Waals surface area contributed by atoms with E-state index in [4.69, 9.17) is 11.6 Å². The lowest BCUT2D eigenvalue weighted by molar-refractivity contribution is -0.120. The number of aromatic nitrogens is 1. The minimum absolute atomic E-state index is 0.297. The van der Waals surface area contributed by atoms with Crippen LogP contribution in [0.25, 0.3) is 22.2 Å². The molecular formula is C26H21ClN4O3. The monoisotopic (exact) mass is 472 g/mol. The molecule has 0 aliphatic rings. The first-order valence-electron chi connectivity index (χ1n) is 10.5. The Morgan fingerprint density at radius 2 is 1.62 bits per heavy atom. The Kier molecular flexibility index (Phi) is 6.85. The van der Waals surface area contributed by atoms with E-state index in [1.165, 1.54) is 0 Å². The van der Waals surface area contributed by atoms with Gasteiger partial charge in [0, 0.05) is 21.5 Å². The number of rotatable bonds is 5. The summed E-state index contributed by atoms with van der Waals surface area (Å²) in [6, 6.07) is 23.1. The van der Waals surface area contributed by atoms with Gasteiger partial charge >= 0.3 is 0 Å². The number of halogens is 1. The highest BCUT2D eigenvalue weighted by molar-refractivity contribution is 6.33. The standard InChI is InChI=1S/C26H21ClN4O3/c1-16-7-6-8-17(13-16)25(33)28-15-24(32)30-31-26(34)20-14-23(19-10-2-4-11-21(19)27)29-22-12-5-3-9-18(20)22/h2-14H,15H2,1H3,(H,28,33)(H,30,32)(H,31,34). The first-order valence-corrected chi connectivity index (χ1v) is 10.9. The van der Waals surface area contributed by atoms with Crippen LogP contribution < -0.4 is 16.2 Å². The molecule has 0 fully saturated rings. The second kappa shape index (κ2) is 10.1. The highest BCUT2D eigenvalue weighted by Gasteiger charge is 2.16. The van der Waals surface area contributed by atoms with Crippen molar-refractivity contribution in [3.63, 3.8) is 0 Å². The summed E-state index contributed by atoms with van der Waals surface area (Å²) in [7, 11) is 0. The lowest BCUT2D eigenvalue weighted by Gasteiger charge is -2.12. The maximum atomic E-state index is 13.0. The minimum atomic E-state index is -0.570. The van der Waals surface area contributed by atoms with Crippen LogP contribution in [0.3, 0.4) is 0 Å². The Labute approximate surface area is 201 Å². The number of hydrazine groups is 1. The van der Waals surface area contributed by atoms with Crippen LogP contribution in [0.5, 0.6) is 0 Å². The Hall–Kier alpha value is -4.23. The molecule has 7 nitrogen and oxygen atoms in total. The number of fused-ring (bicyclic) bond motifs is 1. The number of hydrogen-bond donors (Lipinski definition) is 3. The lowest BCUT2D eigenvalue weighted by Crippen LogP contribution is -2.46. The zero-order chi connectivity index (χ0) is 24.1. The number of aryl methyl sites for hydroxylation is 1. The maximum absolute atomic E-state index is 13.0. The summed E-state index contributed by atoms with van der Waals surface area (Å²) in [6.07, 6.45) is 0. The smallest absolute Gasteiger partial charge is 0.270 e. The summed E-state index contributed by atoms with van der Waals surface area (Å²) in [5.41, 5.74) is 8.28. The van der Waals surface area contributed by atoms with Crippen molar-refractivity contribution in [1.29, 1.82) is 0 Å². The van der Waals surface area contributed by atoms with Crippen LogP contribution in [0, 0.1) is 6.92 Å². The van der Waals surface area contributed by atoms with Crippen LogP contribution in [0.2, 0.25) is 5.02 Å². The van der Waals surface area contributed by atoms with Gasteiger partial charge in [0.15, 0.2) is 0 Å². The molecule has 0 saturated heterocycles. The Balaban J connectivity index is 1.47. The van der Waals surface area contributed by atoms with E-state index in [0.29, 0.717) is 38.3 Å². The zero-order valence-electron chi connectivity index (χ0n) is 18.3. The van der Waals surface area contributed by atoms with Crippen molar-refractivity contribution in [2.75, 3.05) is 6.54 Å². The third-order valence-electron chi connectivity index (χ3n) is 5.12. The van der Waals surface area contributed by atoms with Gasteiger partial charge in [-0.2, -0.15) is 0 Å². The summed E-state index contributed by atoms with van der Waals surface area (Å²) in [5.74, 6) is -1.47. The quantitative estimate of drug-likeness (QED) is 0.381. The fraction of sp³-hybridized carbons (Fsp3) is 0.0769. The van der Waals surface area contributed by atoms with E-state index >= 15 is 0 Å². The molecular weight excluding hydrogens is 452 g/mol. The maximum Gasteiger partial charge on any atom is 0.270 e. The molecule has 3 N–H and O–H groups in total. The number of hydrogen-bond acceptors (Lipinski definition) is 4. The number of benzene rings is 3. The number of amides is 3. The molecule has 0 bridgehead atoms. The molecule has 1 aromatic heterocycles. The number of para-hydroxylation sites is 1. The number of nitrogens with zero attached hydrogens (tertiary/aromatic N) is 1. The van der Waals surface area contributed by atoms with Gasteiger partial charge < -0.3 is 5.32 Å². The highest BCUT2D eigenvalue weighted by atomic mass is 35.5. The van der Waals surface area contributed by atoms with Crippen molar-refractivity contribution in [2.24, 2.45) is 0 Å². The van der Waals surface area contributed by atoms with Crippen molar-refractivity contribution in [2.45, 2.75) is 6.92 Å². The summed E-state index contributed by atoms with van der Waals surface area (Å²) in [6.45, 7) is 1.58. The molecule has 1 heterocycles. The Morgan fingerprint density at radius 1 is 0.853 bits per heavy atom. The molecule has 3 aromatic carbocycles. The molecule has 8 heteroatoms. The fourth-order valence-corrected chi connectivity index (χ4v) is 3.69. The topological polar surface area (TPSA) is 100 Å². The number of carbonyl (C=O) groups is 3. The molecule has 3 amide bonds. The van der Waals surface area contributed by atoms with Gasteiger partial charge in [0.05, 0.1) is 23.3 Å². The second-order valence-electron chi connectivity index (χ2n) is 7.61. The number of pyridine rings is 1. The van der Waals surface area contributed by atoms with Gasteiger partial charge in [-0.25, -0.2) is 4.98 Å². The largest absolute Gasteiger partial charge is 0.343 e. The third-order valence-corrected chi connectivity index (χ3v) is 5.45. The molecule has 4 rings (SSSR count). The van der Waals surface area contributed by atoms with E-state index in [0.717, 1.165) is 5.56 Å². The number of carbonyl (C=O) groups excluding carboxylic acids is 3. The zero-order valence-corrected chi connectivity index (χ0v) is 19.0. The number of nitrogens with one attached hydrogen (secondary N) is 3. The van der Waals surface area contributed by atoms with Crippen molar-refractivity contribution < 1.29 is 14.4 Å². The van der Waals surface area contributed by atoms with E-state index in [1.54, 1.807) is 48.5 Å². The minimum Gasteiger partial charge on any atom is -0.343 e. The van der Waals surface area contributed by atoms with Crippen molar-refractivity contribution >= 4 is 40.2 Å². The second-order valence-corrected chi connectivity index (χ2v) is 8.01. The average molecular weight is 473 g/mol. The Bertz CT molecular complexity index is 1400. The van der Waals surface area contributed by atoms with Crippen molar-refractivity contribution in [1.82, 2.24) is 21.2 Å². The molecule has 0 aliphatic carbocycles. The fourth-order valence-electron chi connectivity index (χ4n) is 3.46. The Morgan fingerprint density at radius 3 is 2.41 bits per heavy atom. The molecule has 0 radical (unpaired) electrons. The van der Waals surface area contributed by atoms with Gasteiger partial charge in [0.2, 0.25) is 0 Å². The molecule has 0 unspecified atom stereocenters. The third kappa shape index (κ3) is 5.22. The van der Waals surface area contributed by atoms with E-state index in [1.807, 2.05) is 37.3 Å². The van der Waals surface area contributed by atoms with Crippen LogP contribution in [0.4, 0.5) is 0 Å². The van der Waals surface area contributed by atoms with Gasteiger partial charge in [-0.1, -0.05) is 65.7 Å². The first kappa shape index (κ1) is 22.9. The SMILES string of the molecule is Cc1cccc(C(=O)NCC(=O)NNC(=O)c2cc(-c3ccccc3Cl)nc3ccccc23)c1. The normalized spacial score (nSPS) is 10.5. The van der Waals surface area contributed by atoms with Crippen LogP contribution >= 0.6 is 11.6 Å². The first-order chi connectivity index (χ1) is 16.4. The molecule has 0 aliphatic heterocycles. The molecule has 0 saturated carbocycles. The molecule has 4 aromatic rings. The molecule has 0 atom stereocenters. The molecule has 170 valence electrons. The lowest BCUT2D eigenvalue weighted by atomic mass is 10.0.